The Morgan fingerprint density at radius 3 is 2.56 bits per heavy atom. The van der Waals surface area contributed by atoms with Crippen LogP contribution in [0.1, 0.15) is 54.2 Å². The molecule has 0 bridgehead atoms. The van der Waals surface area contributed by atoms with Gasteiger partial charge in [-0.2, -0.15) is 0 Å². The van der Waals surface area contributed by atoms with Crippen molar-refractivity contribution in [2.24, 2.45) is 0 Å². The molecule has 0 aliphatic carbocycles. The van der Waals surface area contributed by atoms with Gasteiger partial charge in [0.1, 0.15) is 0 Å². The maximum atomic E-state index is 12.8. The highest BCUT2D eigenvalue weighted by Gasteiger charge is 2.32. The molecule has 3 rings (SSSR count). The highest BCUT2D eigenvalue weighted by Crippen LogP contribution is 2.34. The van der Waals surface area contributed by atoms with Gasteiger partial charge in [-0.3, -0.25) is 9.10 Å². The zero-order chi connectivity index (χ0) is 19.6. The van der Waals surface area contributed by atoms with Crippen molar-refractivity contribution in [3.05, 3.63) is 65.2 Å². The fourth-order valence-corrected chi connectivity index (χ4v) is 5.05. The van der Waals surface area contributed by atoms with Gasteiger partial charge in [0.25, 0.3) is 5.91 Å². The SMILES string of the molecule is CCCC(NC(=O)c1ccc2c(c1)CC(C)N2S(C)(=O)=O)c1ccccc1. The molecular weight excluding hydrogens is 360 g/mol. The molecule has 0 radical (unpaired) electrons. The Balaban J connectivity index is 1.83. The lowest BCUT2D eigenvalue weighted by molar-refractivity contribution is 0.0934. The van der Waals surface area contributed by atoms with Gasteiger partial charge in [0.05, 0.1) is 18.0 Å². The number of benzene rings is 2. The monoisotopic (exact) mass is 386 g/mol. The van der Waals surface area contributed by atoms with Gasteiger partial charge in [0.2, 0.25) is 10.0 Å². The van der Waals surface area contributed by atoms with Crippen molar-refractivity contribution in [3.8, 4) is 0 Å². The number of carbonyl (C=O) groups is 1. The summed E-state index contributed by atoms with van der Waals surface area (Å²) in [5.74, 6) is -0.134. The predicted molar refractivity (Wildman–Crippen MR) is 108 cm³/mol. The van der Waals surface area contributed by atoms with E-state index in [1.807, 2.05) is 43.3 Å². The molecule has 1 aliphatic heterocycles. The number of fused-ring (bicyclic) bond motifs is 1. The molecule has 2 aromatic carbocycles. The predicted octanol–water partition coefficient (Wildman–Crippen LogP) is 3.67. The van der Waals surface area contributed by atoms with Crippen LogP contribution < -0.4 is 9.62 Å². The first kappa shape index (κ1) is 19.4. The van der Waals surface area contributed by atoms with Crippen LogP contribution in [0.2, 0.25) is 0 Å². The van der Waals surface area contributed by atoms with E-state index in [2.05, 4.69) is 12.2 Å². The van der Waals surface area contributed by atoms with Gasteiger partial charge in [-0.05, 0) is 49.1 Å². The van der Waals surface area contributed by atoms with Crippen molar-refractivity contribution in [2.75, 3.05) is 10.6 Å². The number of hydrogen-bond acceptors (Lipinski definition) is 3. The Kier molecular flexibility index (Phi) is 5.56. The number of anilines is 1. The van der Waals surface area contributed by atoms with E-state index in [0.29, 0.717) is 17.7 Å². The molecule has 1 aliphatic rings. The smallest absolute Gasteiger partial charge is 0.251 e. The number of nitrogens with zero attached hydrogens (tertiary/aromatic N) is 1. The van der Waals surface area contributed by atoms with Gasteiger partial charge in [0.15, 0.2) is 0 Å². The summed E-state index contributed by atoms with van der Waals surface area (Å²) in [6.45, 7) is 3.98. The van der Waals surface area contributed by atoms with Crippen LogP contribution in [0.15, 0.2) is 48.5 Å². The Hall–Kier alpha value is -2.34. The molecule has 2 aromatic rings. The third kappa shape index (κ3) is 4.16. The number of sulfonamides is 1. The fourth-order valence-electron chi connectivity index (χ4n) is 3.79. The summed E-state index contributed by atoms with van der Waals surface area (Å²) in [7, 11) is -3.33. The number of hydrogen-bond donors (Lipinski definition) is 1. The summed E-state index contributed by atoms with van der Waals surface area (Å²) in [6, 6.07) is 15.0. The van der Waals surface area contributed by atoms with E-state index in [4.69, 9.17) is 0 Å². The average Bonchev–Trinajstić information content (AvgIpc) is 2.97. The molecule has 0 saturated heterocycles. The van der Waals surface area contributed by atoms with E-state index in [1.54, 1.807) is 12.1 Å². The van der Waals surface area contributed by atoms with Crippen LogP contribution in [0.25, 0.3) is 0 Å². The molecule has 2 atom stereocenters. The topological polar surface area (TPSA) is 66.5 Å². The first-order chi connectivity index (χ1) is 12.8. The van der Waals surface area contributed by atoms with Crippen LogP contribution in [-0.4, -0.2) is 26.6 Å². The minimum absolute atomic E-state index is 0.0385. The van der Waals surface area contributed by atoms with E-state index in [-0.39, 0.29) is 18.0 Å². The Bertz CT molecular complexity index is 926. The summed E-state index contributed by atoms with van der Waals surface area (Å²) in [5.41, 5.74) is 3.22. The second-order valence-corrected chi connectivity index (χ2v) is 9.04. The third-order valence-corrected chi connectivity index (χ3v) is 6.21. The molecule has 0 spiro atoms. The molecule has 6 heteroatoms. The van der Waals surface area contributed by atoms with Gasteiger partial charge in [-0.1, -0.05) is 43.7 Å². The summed E-state index contributed by atoms with van der Waals surface area (Å²) in [5, 5.41) is 3.12. The van der Waals surface area contributed by atoms with E-state index in [9.17, 15) is 13.2 Å². The number of amides is 1. The van der Waals surface area contributed by atoms with E-state index < -0.39 is 10.0 Å². The van der Waals surface area contributed by atoms with Gasteiger partial charge < -0.3 is 5.32 Å². The third-order valence-electron chi connectivity index (χ3n) is 4.94. The molecule has 0 saturated carbocycles. The van der Waals surface area contributed by atoms with Gasteiger partial charge in [-0.15, -0.1) is 0 Å². The zero-order valence-electron chi connectivity index (χ0n) is 16.0. The standard InChI is InChI=1S/C21H26N2O3S/c1-4-8-19(16-9-6-5-7-10-16)22-21(24)17-11-12-20-18(14-17)13-15(2)23(20)27(3,25)26/h5-7,9-12,14-15,19H,4,8,13H2,1-3H3,(H,22,24). The molecule has 1 N–H and O–H groups in total. The first-order valence-electron chi connectivity index (χ1n) is 9.29. The van der Waals surface area contributed by atoms with Crippen LogP contribution in [0.4, 0.5) is 5.69 Å². The average molecular weight is 387 g/mol. The Morgan fingerprint density at radius 2 is 1.93 bits per heavy atom. The maximum Gasteiger partial charge on any atom is 0.251 e. The lowest BCUT2D eigenvalue weighted by atomic mass is 10.0. The lowest BCUT2D eigenvalue weighted by Crippen LogP contribution is -2.34. The number of nitrogens with one attached hydrogen (secondary N) is 1. The van der Waals surface area contributed by atoms with Crippen LogP contribution in [0.5, 0.6) is 0 Å². The molecular formula is C21H26N2O3S. The first-order valence-corrected chi connectivity index (χ1v) is 11.1. The van der Waals surface area contributed by atoms with Crippen LogP contribution >= 0.6 is 0 Å². The molecule has 27 heavy (non-hydrogen) atoms. The Morgan fingerprint density at radius 1 is 1.22 bits per heavy atom. The Labute approximate surface area is 161 Å². The summed E-state index contributed by atoms with van der Waals surface area (Å²) in [6.07, 6.45) is 3.65. The number of rotatable bonds is 6. The second-order valence-electron chi connectivity index (χ2n) is 7.18. The minimum atomic E-state index is -3.33. The molecule has 0 aromatic heterocycles. The molecule has 0 fully saturated rings. The van der Waals surface area contributed by atoms with Crippen molar-refractivity contribution in [1.82, 2.24) is 5.32 Å². The molecule has 2 unspecified atom stereocenters. The van der Waals surface area contributed by atoms with E-state index in [1.165, 1.54) is 10.6 Å². The quantitative estimate of drug-likeness (QED) is 0.824. The van der Waals surface area contributed by atoms with Crippen molar-refractivity contribution < 1.29 is 13.2 Å². The minimum Gasteiger partial charge on any atom is -0.345 e. The van der Waals surface area contributed by atoms with Crippen molar-refractivity contribution in [1.29, 1.82) is 0 Å². The van der Waals surface area contributed by atoms with E-state index >= 15 is 0 Å². The molecule has 144 valence electrons. The van der Waals surface area contributed by atoms with Crippen LogP contribution in [0.3, 0.4) is 0 Å². The number of carbonyl (C=O) groups excluding carboxylic acids is 1. The van der Waals surface area contributed by atoms with Crippen molar-refractivity contribution in [2.45, 2.75) is 45.2 Å². The van der Waals surface area contributed by atoms with Crippen molar-refractivity contribution in [3.63, 3.8) is 0 Å². The lowest BCUT2D eigenvalue weighted by Gasteiger charge is -2.22. The fraction of sp³-hybridized carbons (Fsp3) is 0.381. The van der Waals surface area contributed by atoms with Gasteiger partial charge in [-0.25, -0.2) is 8.42 Å². The van der Waals surface area contributed by atoms with Gasteiger partial charge >= 0.3 is 0 Å². The normalized spacial score (nSPS) is 17.4. The highest BCUT2D eigenvalue weighted by atomic mass is 32.2. The second kappa shape index (κ2) is 7.72. The maximum absolute atomic E-state index is 12.8. The largest absolute Gasteiger partial charge is 0.345 e. The summed E-state index contributed by atoms with van der Waals surface area (Å²) < 4.78 is 25.5. The molecule has 1 amide bonds. The zero-order valence-corrected chi connectivity index (χ0v) is 16.8. The summed E-state index contributed by atoms with van der Waals surface area (Å²) in [4.78, 5) is 12.8. The van der Waals surface area contributed by atoms with Crippen LogP contribution in [0, 0.1) is 0 Å². The van der Waals surface area contributed by atoms with Crippen LogP contribution in [-0.2, 0) is 16.4 Å². The highest BCUT2D eigenvalue weighted by molar-refractivity contribution is 7.92. The molecule has 5 nitrogen and oxygen atoms in total. The molecule has 1 heterocycles. The summed E-state index contributed by atoms with van der Waals surface area (Å²) >= 11 is 0. The van der Waals surface area contributed by atoms with Gasteiger partial charge in [0, 0.05) is 11.6 Å². The van der Waals surface area contributed by atoms with E-state index in [0.717, 1.165) is 24.0 Å². The van der Waals surface area contributed by atoms with Crippen molar-refractivity contribution >= 4 is 21.6 Å².